The number of nitrogens with one attached hydrogen (secondary N) is 1. The van der Waals surface area contributed by atoms with Crippen LogP contribution in [0.2, 0.25) is 0 Å². The Kier molecular flexibility index (Phi) is 7.45. The number of H-pyrrole nitrogens is 1. The van der Waals surface area contributed by atoms with Gasteiger partial charge in [0.05, 0.1) is 13.7 Å². The van der Waals surface area contributed by atoms with Crippen molar-refractivity contribution in [2.45, 2.75) is 32.2 Å². The Morgan fingerprint density at radius 2 is 1.94 bits per heavy atom. The lowest BCUT2D eigenvalue weighted by atomic mass is 9.89. The molecule has 0 spiro atoms. The van der Waals surface area contributed by atoms with Crippen LogP contribution in [-0.4, -0.2) is 55.9 Å². The van der Waals surface area contributed by atoms with Crippen molar-refractivity contribution in [3.8, 4) is 5.75 Å². The minimum Gasteiger partial charge on any atom is -0.496 e. The number of hydrogen-bond acceptors (Lipinski definition) is 5. The van der Waals surface area contributed by atoms with Crippen molar-refractivity contribution in [2.75, 3.05) is 40.0 Å². The molecule has 4 rings (SSSR count). The summed E-state index contributed by atoms with van der Waals surface area (Å²) in [6.07, 6.45) is 4.44. The van der Waals surface area contributed by atoms with Crippen LogP contribution in [0.5, 0.6) is 5.75 Å². The van der Waals surface area contributed by atoms with Gasteiger partial charge in [0.15, 0.2) is 0 Å². The maximum atomic E-state index is 12.5. The van der Waals surface area contributed by atoms with Gasteiger partial charge in [0.25, 0.3) is 0 Å². The molecule has 3 aromatic rings. The highest BCUT2D eigenvalue weighted by Gasteiger charge is 2.23. The van der Waals surface area contributed by atoms with Gasteiger partial charge >= 0.3 is 5.97 Å². The van der Waals surface area contributed by atoms with E-state index in [2.05, 4.69) is 40.3 Å². The number of likely N-dealkylation sites (tertiary alicyclic amines) is 1. The maximum Gasteiger partial charge on any atom is 0.342 e. The number of rotatable bonds is 9. The van der Waals surface area contributed by atoms with E-state index in [0.29, 0.717) is 30.4 Å². The summed E-state index contributed by atoms with van der Waals surface area (Å²) in [5.41, 5.74) is 4.20. The molecule has 170 valence electrons. The van der Waals surface area contributed by atoms with Crippen molar-refractivity contribution < 1.29 is 19.0 Å². The summed E-state index contributed by atoms with van der Waals surface area (Å²) in [6, 6.07) is 14.3. The average molecular weight is 437 g/mol. The number of fused-ring (bicyclic) bond motifs is 1. The fraction of sp³-hybridized carbons (Fsp3) is 0.423. The third-order valence-corrected chi connectivity index (χ3v) is 6.20. The highest BCUT2D eigenvalue weighted by atomic mass is 16.6. The molecule has 6 nitrogen and oxygen atoms in total. The van der Waals surface area contributed by atoms with Gasteiger partial charge < -0.3 is 19.2 Å². The lowest BCUT2D eigenvalue weighted by Crippen LogP contribution is -2.32. The molecule has 6 heteroatoms. The van der Waals surface area contributed by atoms with Gasteiger partial charge in [-0.3, -0.25) is 4.90 Å². The molecule has 1 N–H and O–H groups in total. The Labute approximate surface area is 189 Å². The molecule has 2 aromatic carbocycles. The predicted molar refractivity (Wildman–Crippen MR) is 125 cm³/mol. The van der Waals surface area contributed by atoms with Gasteiger partial charge in [-0.15, -0.1) is 0 Å². The second-order valence-electron chi connectivity index (χ2n) is 8.21. The molecular formula is C26H32N2O4. The molecule has 1 fully saturated rings. The van der Waals surface area contributed by atoms with E-state index in [9.17, 15) is 4.79 Å². The van der Waals surface area contributed by atoms with Crippen LogP contribution in [0.3, 0.4) is 0 Å². The van der Waals surface area contributed by atoms with E-state index in [1.165, 1.54) is 16.5 Å². The Morgan fingerprint density at radius 3 is 2.72 bits per heavy atom. The fourth-order valence-corrected chi connectivity index (χ4v) is 4.52. The van der Waals surface area contributed by atoms with Crippen LogP contribution in [0.4, 0.5) is 0 Å². The zero-order valence-corrected chi connectivity index (χ0v) is 18.9. The maximum absolute atomic E-state index is 12.5. The van der Waals surface area contributed by atoms with Crippen molar-refractivity contribution in [3.05, 3.63) is 65.4 Å². The number of esters is 1. The Bertz CT molecular complexity index is 1040. The number of ether oxygens (including phenoxy) is 3. The molecular weight excluding hydrogens is 404 g/mol. The standard InChI is InChI=1S/C26H32N2O4/c1-3-31-14-15-32-26(29)22-16-19(8-9-25(22)30-2)18-28-12-10-20(11-13-28)23-17-27-24-7-5-4-6-21(23)24/h4-9,16-17,20,27H,3,10-15,18H2,1-2H3. The second kappa shape index (κ2) is 10.7. The van der Waals surface area contributed by atoms with Crippen molar-refractivity contribution in [3.63, 3.8) is 0 Å². The molecule has 0 unspecified atom stereocenters. The highest BCUT2D eigenvalue weighted by molar-refractivity contribution is 5.92. The van der Waals surface area contributed by atoms with Crippen LogP contribution < -0.4 is 4.74 Å². The van der Waals surface area contributed by atoms with E-state index in [-0.39, 0.29) is 12.6 Å². The third-order valence-electron chi connectivity index (χ3n) is 6.20. The summed E-state index contributed by atoms with van der Waals surface area (Å²) < 4.78 is 16.0. The van der Waals surface area contributed by atoms with E-state index >= 15 is 0 Å². The van der Waals surface area contributed by atoms with Gasteiger partial charge in [0, 0.05) is 30.3 Å². The summed E-state index contributed by atoms with van der Waals surface area (Å²) in [5.74, 6) is 0.740. The minimum atomic E-state index is -0.374. The zero-order valence-electron chi connectivity index (χ0n) is 18.9. The molecule has 0 amide bonds. The van der Waals surface area contributed by atoms with E-state index in [1.807, 2.05) is 25.1 Å². The van der Waals surface area contributed by atoms with Gasteiger partial charge in [-0.2, -0.15) is 0 Å². The first-order chi connectivity index (χ1) is 15.7. The van der Waals surface area contributed by atoms with Crippen molar-refractivity contribution in [1.29, 1.82) is 0 Å². The topological polar surface area (TPSA) is 63.8 Å². The van der Waals surface area contributed by atoms with Gasteiger partial charge in [-0.05, 0) is 68.1 Å². The quantitative estimate of drug-likeness (QED) is 0.387. The molecule has 1 aliphatic heterocycles. The smallest absolute Gasteiger partial charge is 0.342 e. The van der Waals surface area contributed by atoms with Gasteiger partial charge in [-0.1, -0.05) is 24.3 Å². The molecule has 2 heterocycles. The first-order valence-corrected chi connectivity index (χ1v) is 11.4. The number of methoxy groups -OCH3 is 1. The van der Waals surface area contributed by atoms with Gasteiger partial charge in [-0.25, -0.2) is 4.79 Å². The van der Waals surface area contributed by atoms with E-state index in [0.717, 1.165) is 38.0 Å². The van der Waals surface area contributed by atoms with E-state index in [1.54, 1.807) is 7.11 Å². The van der Waals surface area contributed by atoms with Crippen LogP contribution in [0.1, 0.15) is 47.2 Å². The number of aromatic nitrogens is 1. The molecule has 0 saturated carbocycles. The van der Waals surface area contributed by atoms with Crippen molar-refractivity contribution in [2.24, 2.45) is 0 Å². The Morgan fingerprint density at radius 1 is 1.12 bits per heavy atom. The van der Waals surface area contributed by atoms with Gasteiger partial charge in [0.1, 0.15) is 17.9 Å². The van der Waals surface area contributed by atoms with Crippen molar-refractivity contribution in [1.82, 2.24) is 9.88 Å². The number of carbonyl (C=O) groups excluding carboxylic acids is 1. The van der Waals surface area contributed by atoms with E-state index < -0.39 is 0 Å². The summed E-state index contributed by atoms with van der Waals surface area (Å²) in [4.78, 5) is 18.4. The molecule has 0 radical (unpaired) electrons. The first-order valence-electron chi connectivity index (χ1n) is 11.4. The lowest BCUT2D eigenvalue weighted by molar-refractivity contribution is 0.0332. The SMILES string of the molecule is CCOCCOC(=O)c1cc(CN2CCC(c3c[nH]c4ccccc34)CC2)ccc1OC. The first kappa shape index (κ1) is 22.4. The number of para-hydroxylation sites is 1. The summed E-state index contributed by atoms with van der Waals surface area (Å²) in [5, 5.41) is 1.34. The van der Waals surface area contributed by atoms with Crippen LogP contribution in [0.15, 0.2) is 48.7 Å². The van der Waals surface area contributed by atoms with Crippen LogP contribution in [0, 0.1) is 0 Å². The fourth-order valence-electron chi connectivity index (χ4n) is 4.52. The lowest BCUT2D eigenvalue weighted by Gasteiger charge is -2.32. The molecule has 1 aliphatic rings. The summed E-state index contributed by atoms with van der Waals surface area (Å²) in [6.45, 7) is 6.03. The molecule has 0 atom stereocenters. The Hall–Kier alpha value is -2.83. The monoisotopic (exact) mass is 436 g/mol. The van der Waals surface area contributed by atoms with Crippen molar-refractivity contribution >= 4 is 16.9 Å². The molecule has 0 aliphatic carbocycles. The molecule has 32 heavy (non-hydrogen) atoms. The Balaban J connectivity index is 1.37. The van der Waals surface area contributed by atoms with E-state index in [4.69, 9.17) is 14.2 Å². The largest absolute Gasteiger partial charge is 0.496 e. The molecule has 1 saturated heterocycles. The summed E-state index contributed by atoms with van der Waals surface area (Å²) in [7, 11) is 1.57. The third kappa shape index (κ3) is 5.14. The van der Waals surface area contributed by atoms with Crippen LogP contribution in [-0.2, 0) is 16.0 Å². The second-order valence-corrected chi connectivity index (χ2v) is 8.21. The zero-order chi connectivity index (χ0) is 22.3. The predicted octanol–water partition coefficient (Wildman–Crippen LogP) is 4.75. The van der Waals surface area contributed by atoms with Crippen LogP contribution in [0.25, 0.3) is 10.9 Å². The number of nitrogens with zero attached hydrogens (tertiary/aromatic N) is 1. The van der Waals surface area contributed by atoms with Gasteiger partial charge in [0.2, 0.25) is 0 Å². The number of aromatic amines is 1. The molecule has 1 aromatic heterocycles. The minimum absolute atomic E-state index is 0.238. The highest BCUT2D eigenvalue weighted by Crippen LogP contribution is 2.33. The average Bonchev–Trinajstić information content (AvgIpc) is 3.26. The number of piperidine rings is 1. The number of carbonyl (C=O) groups is 1. The summed E-state index contributed by atoms with van der Waals surface area (Å²) >= 11 is 0. The molecule has 0 bridgehead atoms. The number of hydrogen-bond donors (Lipinski definition) is 1. The van der Waals surface area contributed by atoms with Crippen LogP contribution >= 0.6 is 0 Å². The normalized spacial score (nSPS) is 15.2. The number of benzene rings is 2.